The molecule has 0 radical (unpaired) electrons. The number of benzene rings is 3. The topological polar surface area (TPSA) is 163 Å². The van der Waals surface area contributed by atoms with E-state index in [2.05, 4.69) is 0 Å². The van der Waals surface area contributed by atoms with Gasteiger partial charge in [-0.05, 0) is 60.2 Å². The van der Waals surface area contributed by atoms with Gasteiger partial charge in [-0.25, -0.2) is 0 Å². The van der Waals surface area contributed by atoms with E-state index < -0.39 is 53.0 Å². The summed E-state index contributed by atoms with van der Waals surface area (Å²) in [6.45, 7) is 0. The van der Waals surface area contributed by atoms with Crippen LogP contribution in [-0.2, 0) is 30.4 Å². The van der Waals surface area contributed by atoms with Gasteiger partial charge < -0.3 is 4.28 Å². The van der Waals surface area contributed by atoms with Crippen molar-refractivity contribution in [2.45, 2.75) is 14.7 Å². The molecule has 9 nitrogen and oxygen atoms in total. The van der Waals surface area contributed by atoms with Crippen LogP contribution in [0, 0.1) is 0 Å². The summed E-state index contributed by atoms with van der Waals surface area (Å²) in [5, 5.41) is 1.01. The van der Waals surface area contributed by atoms with Crippen LogP contribution in [0.5, 0.6) is 0 Å². The summed E-state index contributed by atoms with van der Waals surface area (Å²) >= 11 is 0. The van der Waals surface area contributed by atoms with Crippen molar-refractivity contribution < 1.29 is 132 Å². The van der Waals surface area contributed by atoms with E-state index in [9.17, 15) is 38.9 Å². The van der Waals surface area contributed by atoms with Crippen molar-refractivity contribution in [3.05, 3.63) is 72.8 Å². The molecule has 0 fully saturated rings. The van der Waals surface area contributed by atoms with Gasteiger partial charge in [0.05, 0.1) is 14.7 Å². The minimum Gasteiger partial charge on any atom is -1.00 e. The molecule has 0 heterocycles. The number of hydrogen-bond acceptors (Lipinski definition) is 6. The first-order chi connectivity index (χ1) is 14.3. The van der Waals surface area contributed by atoms with Gasteiger partial charge in [0.1, 0.15) is 0 Å². The molecule has 3 rings (SSSR count). The zero-order valence-electron chi connectivity index (χ0n) is 21.4. The SMILES string of the molecule is O=S(=O)(O)c1cccc(P(c2cccc(S(=O)(=O)O)c2)c2cccc(S(=O)(=O)O)c2)c1.[H-].[H-].[H-].[Na+].[Na+].[Na+]. The molecular weight excluding hydrogens is 556 g/mol. The van der Waals surface area contributed by atoms with Crippen molar-refractivity contribution in [2.75, 3.05) is 0 Å². The Hall–Kier alpha value is 0.820. The number of rotatable bonds is 6. The van der Waals surface area contributed by atoms with Crippen LogP contribution in [0.3, 0.4) is 0 Å². The Bertz CT molecular complexity index is 1310. The van der Waals surface area contributed by atoms with E-state index >= 15 is 0 Å². The Morgan fingerprint density at radius 3 is 0.941 bits per heavy atom. The average Bonchev–Trinajstić information content (AvgIpc) is 2.67. The van der Waals surface area contributed by atoms with Gasteiger partial charge in [-0.3, -0.25) is 13.7 Å². The van der Waals surface area contributed by atoms with Crippen LogP contribution >= 0.6 is 7.92 Å². The molecule has 0 unspecified atom stereocenters. The molecule has 3 aromatic carbocycles. The monoisotopic (exact) mass is 574 g/mol. The van der Waals surface area contributed by atoms with Crippen LogP contribution < -0.4 is 105 Å². The van der Waals surface area contributed by atoms with Crippen molar-refractivity contribution >= 4 is 54.2 Å². The average molecular weight is 574 g/mol. The Labute approximate surface area is 270 Å². The first-order valence-corrected chi connectivity index (χ1v) is 14.0. The molecule has 0 spiro atoms. The largest absolute Gasteiger partial charge is 1.00 e. The fraction of sp³-hybridized carbons (Fsp3) is 0. The standard InChI is InChI=1S/C18H15O9PS3.3Na.3H/c19-29(20,21)16-7-1-4-13(10-16)28(14-5-2-8-17(11-14)30(22,23)24)15-6-3-9-18(12-15)31(25,26)27;;;;;;/h1-12H,(H,19,20,21)(H,22,23,24)(H,25,26,27);;;;;;/q;3*+1;3*-1. The predicted octanol–water partition coefficient (Wildman–Crippen LogP) is -7.47. The molecule has 0 saturated carbocycles. The number of hydrogen-bond donors (Lipinski definition) is 3. The van der Waals surface area contributed by atoms with Crippen molar-refractivity contribution in [2.24, 2.45) is 0 Å². The van der Waals surface area contributed by atoms with Crippen molar-refractivity contribution in [1.82, 2.24) is 0 Å². The molecule has 3 N–H and O–H groups in total. The summed E-state index contributed by atoms with van der Waals surface area (Å²) in [6.07, 6.45) is 0. The third-order valence-corrected chi connectivity index (χ3v) is 9.05. The molecule has 0 saturated heterocycles. The molecule has 0 atom stereocenters. The minimum absolute atomic E-state index is 0. The van der Waals surface area contributed by atoms with Crippen LogP contribution in [0.1, 0.15) is 4.28 Å². The second-order valence-corrected chi connectivity index (χ2v) is 12.7. The quantitative estimate of drug-likeness (QED) is 0.148. The second kappa shape index (κ2) is 13.6. The van der Waals surface area contributed by atoms with E-state index in [1.54, 1.807) is 0 Å². The zero-order valence-corrected chi connectivity index (χ0v) is 27.7. The second-order valence-electron chi connectivity index (χ2n) is 6.25. The van der Waals surface area contributed by atoms with Gasteiger partial charge in [0, 0.05) is 0 Å². The van der Waals surface area contributed by atoms with Crippen molar-refractivity contribution in [3.63, 3.8) is 0 Å². The normalized spacial score (nSPS) is 11.6. The molecule has 0 aliphatic heterocycles. The van der Waals surface area contributed by atoms with E-state index in [4.69, 9.17) is 0 Å². The maximum absolute atomic E-state index is 11.6. The summed E-state index contributed by atoms with van der Waals surface area (Å²) in [5.74, 6) is 0. The van der Waals surface area contributed by atoms with Gasteiger partial charge in [0.15, 0.2) is 0 Å². The van der Waals surface area contributed by atoms with Gasteiger partial charge in [-0.1, -0.05) is 36.4 Å². The molecule has 0 amide bonds. The Kier molecular flexibility index (Phi) is 13.9. The Morgan fingerprint density at radius 2 is 0.735 bits per heavy atom. The molecule has 0 aliphatic rings. The summed E-state index contributed by atoms with van der Waals surface area (Å²) in [5.41, 5.74) is 0. The molecule has 0 bridgehead atoms. The molecule has 16 heteroatoms. The van der Waals surface area contributed by atoms with E-state index in [1.165, 1.54) is 54.6 Å². The summed E-state index contributed by atoms with van der Waals surface area (Å²) in [6, 6.07) is 15.7. The molecule has 0 aliphatic carbocycles. The maximum Gasteiger partial charge on any atom is 1.00 e. The van der Waals surface area contributed by atoms with Crippen molar-refractivity contribution in [3.8, 4) is 0 Å². The molecule has 3 aromatic rings. The zero-order chi connectivity index (χ0) is 23.0. The van der Waals surface area contributed by atoms with E-state index in [0.29, 0.717) is 15.9 Å². The Balaban J connectivity index is -0.000000907. The molecule has 34 heavy (non-hydrogen) atoms. The summed E-state index contributed by atoms with van der Waals surface area (Å²) in [7, 11) is -15.4. The van der Waals surface area contributed by atoms with E-state index in [-0.39, 0.29) is 93.0 Å². The van der Waals surface area contributed by atoms with E-state index in [1.807, 2.05) is 0 Å². The fourth-order valence-corrected chi connectivity index (χ4v) is 7.04. The fourth-order valence-electron chi connectivity index (χ4n) is 2.80. The third-order valence-electron chi connectivity index (χ3n) is 4.12. The summed E-state index contributed by atoms with van der Waals surface area (Å²) < 4.78 is 97.7. The minimum atomic E-state index is -4.55. The van der Waals surface area contributed by atoms with Crippen LogP contribution in [0.4, 0.5) is 0 Å². The van der Waals surface area contributed by atoms with Crippen molar-refractivity contribution in [1.29, 1.82) is 0 Å². The van der Waals surface area contributed by atoms with E-state index in [0.717, 1.165) is 18.2 Å². The first kappa shape index (κ1) is 34.8. The molecule has 0 aromatic heterocycles. The van der Waals surface area contributed by atoms with Gasteiger partial charge in [0.2, 0.25) is 0 Å². The Morgan fingerprint density at radius 1 is 0.500 bits per heavy atom. The molecular formula is C18H18Na3O9PS3. The third kappa shape index (κ3) is 8.98. The van der Waals surface area contributed by atoms with Crippen LogP contribution in [0.25, 0.3) is 0 Å². The smallest absolute Gasteiger partial charge is 1.00 e. The predicted molar refractivity (Wildman–Crippen MR) is 118 cm³/mol. The maximum atomic E-state index is 11.6. The van der Waals surface area contributed by atoms with Gasteiger partial charge in [-0.2, -0.15) is 25.3 Å². The molecule has 170 valence electrons. The summed E-state index contributed by atoms with van der Waals surface area (Å²) in [4.78, 5) is -1.22. The van der Waals surface area contributed by atoms with Crippen LogP contribution in [0.15, 0.2) is 87.5 Å². The van der Waals surface area contributed by atoms with Gasteiger partial charge >= 0.3 is 88.7 Å². The van der Waals surface area contributed by atoms with Gasteiger partial charge in [-0.15, -0.1) is 0 Å². The van der Waals surface area contributed by atoms with Crippen LogP contribution in [0.2, 0.25) is 0 Å². The first-order valence-electron chi connectivity index (χ1n) is 8.30. The van der Waals surface area contributed by atoms with Gasteiger partial charge in [0.25, 0.3) is 30.4 Å². The van der Waals surface area contributed by atoms with Crippen LogP contribution in [-0.4, -0.2) is 38.9 Å².